The van der Waals surface area contributed by atoms with Crippen molar-refractivity contribution in [2.24, 2.45) is 0 Å². The van der Waals surface area contributed by atoms with Crippen molar-refractivity contribution in [1.82, 2.24) is 9.80 Å². The maximum absolute atomic E-state index is 12.9. The Bertz CT molecular complexity index is 998. The number of amides is 2. The van der Waals surface area contributed by atoms with E-state index in [4.69, 9.17) is 21.7 Å². The maximum Gasteiger partial charge on any atom is 0.252 e. The van der Waals surface area contributed by atoms with Gasteiger partial charge in [-0.1, -0.05) is 6.07 Å². The number of hydrogen-bond acceptors (Lipinski definition) is 5. The summed E-state index contributed by atoms with van der Waals surface area (Å²) in [6.07, 6.45) is 0.0199. The van der Waals surface area contributed by atoms with E-state index in [2.05, 4.69) is 27.9 Å². The van der Waals surface area contributed by atoms with Crippen LogP contribution in [0.4, 0.5) is 5.69 Å². The summed E-state index contributed by atoms with van der Waals surface area (Å²) in [5.41, 5.74) is 1.62. The van der Waals surface area contributed by atoms with Gasteiger partial charge >= 0.3 is 0 Å². The lowest BCUT2D eigenvalue weighted by Crippen LogP contribution is -2.37. The van der Waals surface area contributed by atoms with Crippen LogP contribution in [0.3, 0.4) is 0 Å². The third-order valence-corrected chi connectivity index (χ3v) is 6.19. The summed E-state index contributed by atoms with van der Waals surface area (Å²) in [4.78, 5) is 29.0. The van der Waals surface area contributed by atoms with Crippen LogP contribution >= 0.6 is 34.8 Å². The third kappa shape index (κ3) is 4.22. The van der Waals surface area contributed by atoms with Crippen LogP contribution in [0.5, 0.6) is 11.5 Å². The van der Waals surface area contributed by atoms with Gasteiger partial charge in [0.15, 0.2) is 16.6 Å². The number of fused-ring (bicyclic) bond motifs is 1. The zero-order valence-corrected chi connectivity index (χ0v) is 19.2. The molecular weight excluding hydrogens is 517 g/mol. The van der Waals surface area contributed by atoms with E-state index in [1.54, 1.807) is 4.90 Å². The second-order valence-corrected chi connectivity index (χ2v) is 8.57. The molecule has 2 amide bonds. The number of likely N-dealkylation sites (N-methyl/N-ethyl adjacent to an activating group) is 1. The molecule has 2 aliphatic heterocycles. The molecule has 4 rings (SSSR count). The first kappa shape index (κ1) is 20.9. The molecule has 1 unspecified atom stereocenters. The van der Waals surface area contributed by atoms with Crippen molar-refractivity contribution in [2.45, 2.75) is 25.9 Å². The van der Waals surface area contributed by atoms with Crippen LogP contribution in [-0.2, 0) is 16.1 Å². The maximum atomic E-state index is 12.9. The molecule has 2 aromatic carbocycles. The lowest BCUT2D eigenvalue weighted by atomic mass is 10.1. The van der Waals surface area contributed by atoms with Crippen LogP contribution in [-0.4, -0.2) is 46.1 Å². The SMILES string of the molecule is CCN1C(=O)C(CC(=O)Nc2ccc(I)cc2)N(Cc2ccc3c(c2)OCO3)C1=S. The van der Waals surface area contributed by atoms with Gasteiger partial charge in [-0.2, -0.15) is 0 Å². The van der Waals surface area contributed by atoms with Crippen molar-refractivity contribution >= 4 is 57.4 Å². The summed E-state index contributed by atoms with van der Waals surface area (Å²) in [5, 5.41) is 3.30. The Morgan fingerprint density at radius 2 is 1.93 bits per heavy atom. The normalized spacial score (nSPS) is 17.6. The monoisotopic (exact) mass is 537 g/mol. The molecule has 2 heterocycles. The van der Waals surface area contributed by atoms with Gasteiger partial charge in [0.2, 0.25) is 12.7 Å². The van der Waals surface area contributed by atoms with Gasteiger partial charge in [0.05, 0.1) is 6.42 Å². The topological polar surface area (TPSA) is 71.1 Å². The molecule has 1 atom stereocenters. The first-order valence-electron chi connectivity index (χ1n) is 9.52. The molecule has 0 radical (unpaired) electrons. The molecule has 7 nitrogen and oxygen atoms in total. The minimum atomic E-state index is -0.647. The van der Waals surface area contributed by atoms with Crippen LogP contribution in [0.25, 0.3) is 0 Å². The van der Waals surface area contributed by atoms with Gasteiger partial charge in [0.1, 0.15) is 6.04 Å². The van der Waals surface area contributed by atoms with Crippen molar-refractivity contribution in [3.63, 3.8) is 0 Å². The number of hydrogen-bond donors (Lipinski definition) is 1. The Kier molecular flexibility index (Phi) is 6.09. The van der Waals surface area contributed by atoms with E-state index in [1.165, 1.54) is 0 Å². The lowest BCUT2D eigenvalue weighted by molar-refractivity contribution is -0.130. The quantitative estimate of drug-likeness (QED) is 0.451. The smallest absolute Gasteiger partial charge is 0.252 e. The Hall–Kier alpha value is -2.40. The molecule has 1 fully saturated rings. The lowest BCUT2D eigenvalue weighted by Gasteiger charge is -2.24. The molecule has 156 valence electrons. The Morgan fingerprint density at radius 1 is 1.20 bits per heavy atom. The van der Waals surface area contributed by atoms with Crippen LogP contribution in [0.15, 0.2) is 42.5 Å². The van der Waals surface area contributed by atoms with Gasteiger partial charge in [0.25, 0.3) is 5.91 Å². The summed E-state index contributed by atoms with van der Waals surface area (Å²) >= 11 is 7.76. The molecule has 1 saturated heterocycles. The number of carbonyl (C=O) groups is 2. The van der Waals surface area contributed by atoms with E-state index < -0.39 is 6.04 Å². The van der Waals surface area contributed by atoms with Gasteiger partial charge in [-0.25, -0.2) is 0 Å². The van der Waals surface area contributed by atoms with E-state index in [0.29, 0.717) is 35.4 Å². The van der Waals surface area contributed by atoms with Crippen LogP contribution in [0, 0.1) is 3.57 Å². The number of halogens is 1. The largest absolute Gasteiger partial charge is 0.454 e. The summed E-state index contributed by atoms with van der Waals surface area (Å²) in [5.74, 6) is 0.985. The number of rotatable bonds is 6. The summed E-state index contributed by atoms with van der Waals surface area (Å²) in [6.45, 7) is 2.94. The first-order valence-corrected chi connectivity index (χ1v) is 11.0. The number of thiocarbonyl (C=S) groups is 1. The number of benzene rings is 2. The standard InChI is InChI=1S/C21H20IN3O4S/c1-2-24-20(27)16(10-19(26)23-15-6-4-14(22)5-7-15)25(21(24)30)11-13-3-8-17-18(9-13)29-12-28-17/h3-9,16H,2,10-12H2,1H3,(H,23,26). The van der Waals surface area contributed by atoms with Gasteiger partial charge in [-0.15, -0.1) is 0 Å². The van der Waals surface area contributed by atoms with Crippen LogP contribution in [0.1, 0.15) is 18.9 Å². The summed E-state index contributed by atoms with van der Waals surface area (Å²) in [7, 11) is 0. The Labute approximate surface area is 193 Å². The van der Waals surface area contributed by atoms with Gasteiger partial charge in [-0.05, 0) is 83.7 Å². The predicted molar refractivity (Wildman–Crippen MR) is 124 cm³/mol. The Balaban J connectivity index is 1.51. The molecule has 0 spiro atoms. The number of nitrogens with zero attached hydrogens (tertiary/aromatic N) is 2. The van der Waals surface area contributed by atoms with E-state index >= 15 is 0 Å². The fourth-order valence-corrected chi connectivity index (χ4v) is 4.29. The zero-order chi connectivity index (χ0) is 21.3. The second-order valence-electron chi connectivity index (χ2n) is 6.96. The van der Waals surface area contributed by atoms with Gasteiger partial charge in [0, 0.05) is 22.3 Å². The molecule has 0 saturated carbocycles. The van der Waals surface area contributed by atoms with Crippen LogP contribution in [0.2, 0.25) is 0 Å². The highest BCUT2D eigenvalue weighted by Crippen LogP contribution is 2.33. The molecular formula is C21H20IN3O4S. The fraction of sp³-hybridized carbons (Fsp3) is 0.286. The molecule has 2 aromatic rings. The fourth-order valence-electron chi connectivity index (χ4n) is 3.52. The van der Waals surface area contributed by atoms with E-state index in [-0.39, 0.29) is 25.0 Å². The first-order chi connectivity index (χ1) is 14.5. The average molecular weight is 537 g/mol. The summed E-state index contributed by atoms with van der Waals surface area (Å²) < 4.78 is 11.9. The number of anilines is 1. The Morgan fingerprint density at radius 3 is 2.67 bits per heavy atom. The molecule has 2 aliphatic rings. The highest BCUT2D eigenvalue weighted by atomic mass is 127. The number of ether oxygens (including phenoxy) is 2. The van der Waals surface area contributed by atoms with Crippen molar-refractivity contribution in [3.8, 4) is 11.5 Å². The molecule has 1 N–H and O–H groups in total. The van der Waals surface area contributed by atoms with E-state index in [0.717, 1.165) is 9.13 Å². The highest BCUT2D eigenvalue weighted by molar-refractivity contribution is 14.1. The van der Waals surface area contributed by atoms with Crippen molar-refractivity contribution in [3.05, 3.63) is 51.6 Å². The second kappa shape index (κ2) is 8.76. The van der Waals surface area contributed by atoms with Gasteiger partial charge in [-0.3, -0.25) is 14.5 Å². The zero-order valence-electron chi connectivity index (χ0n) is 16.3. The van der Waals surface area contributed by atoms with Crippen LogP contribution < -0.4 is 14.8 Å². The average Bonchev–Trinajstić information content (AvgIpc) is 3.27. The van der Waals surface area contributed by atoms with E-state index in [9.17, 15) is 9.59 Å². The molecule has 0 bridgehead atoms. The highest BCUT2D eigenvalue weighted by Gasteiger charge is 2.42. The van der Waals surface area contributed by atoms with Gasteiger partial charge < -0.3 is 19.7 Å². The predicted octanol–water partition coefficient (Wildman–Crippen LogP) is 3.37. The minimum Gasteiger partial charge on any atom is -0.454 e. The third-order valence-electron chi connectivity index (χ3n) is 5.02. The molecule has 0 aliphatic carbocycles. The number of carbonyl (C=O) groups excluding carboxylic acids is 2. The van der Waals surface area contributed by atoms with Crippen molar-refractivity contribution in [1.29, 1.82) is 0 Å². The molecule has 30 heavy (non-hydrogen) atoms. The van der Waals surface area contributed by atoms with E-state index in [1.807, 2.05) is 54.3 Å². The van der Waals surface area contributed by atoms with Crippen molar-refractivity contribution < 1.29 is 19.1 Å². The number of nitrogens with one attached hydrogen (secondary N) is 1. The van der Waals surface area contributed by atoms with Crippen molar-refractivity contribution in [2.75, 3.05) is 18.7 Å². The minimum absolute atomic E-state index is 0.0199. The summed E-state index contributed by atoms with van der Waals surface area (Å²) in [6, 6.07) is 12.5. The molecule has 0 aromatic heterocycles. The molecule has 9 heteroatoms.